The summed E-state index contributed by atoms with van der Waals surface area (Å²) in [5.41, 5.74) is -2.32. The van der Waals surface area contributed by atoms with Crippen molar-refractivity contribution in [3.63, 3.8) is 0 Å². The number of dihydropyridines is 1. The highest BCUT2D eigenvalue weighted by Gasteiger charge is 2.42. The zero-order chi connectivity index (χ0) is 25.9. The minimum atomic E-state index is -4.61. The number of allylic oxidation sites excluding steroid dienone is 1. The first-order valence-electron chi connectivity index (χ1n) is 10.4. The molecular formula is C22H28F4N4O3S. The van der Waals surface area contributed by atoms with Crippen LogP contribution in [0.25, 0.3) is 0 Å². The van der Waals surface area contributed by atoms with E-state index in [1.165, 1.54) is 18.2 Å². The van der Waals surface area contributed by atoms with Gasteiger partial charge in [0.15, 0.2) is 0 Å². The first-order chi connectivity index (χ1) is 15.6. The third-order valence-corrected chi connectivity index (χ3v) is 5.97. The highest BCUT2D eigenvalue weighted by atomic mass is 32.2. The summed E-state index contributed by atoms with van der Waals surface area (Å²) < 4.78 is 78.1. The quantitative estimate of drug-likeness (QED) is 0.353. The zero-order valence-electron chi connectivity index (χ0n) is 19.3. The van der Waals surface area contributed by atoms with Gasteiger partial charge in [0.25, 0.3) is 0 Å². The Morgan fingerprint density at radius 1 is 1.29 bits per heavy atom. The molecule has 0 aromatic heterocycles. The molecule has 3 unspecified atom stereocenters. The molecule has 12 heteroatoms. The van der Waals surface area contributed by atoms with E-state index in [1.54, 1.807) is 6.92 Å². The number of nitrogens with one attached hydrogen (secondary N) is 3. The fraction of sp³-hybridized carbons (Fsp3) is 0.455. The van der Waals surface area contributed by atoms with Crippen molar-refractivity contribution >= 4 is 27.3 Å². The lowest BCUT2D eigenvalue weighted by Crippen LogP contribution is -2.56. The Morgan fingerprint density at radius 3 is 2.41 bits per heavy atom. The molecule has 34 heavy (non-hydrogen) atoms. The molecule has 1 aliphatic heterocycles. The van der Waals surface area contributed by atoms with Crippen molar-refractivity contribution in [2.75, 3.05) is 17.5 Å². The van der Waals surface area contributed by atoms with Gasteiger partial charge in [0.1, 0.15) is 11.5 Å². The molecule has 0 fully saturated rings. The van der Waals surface area contributed by atoms with Gasteiger partial charge in [-0.2, -0.15) is 13.2 Å². The molecule has 1 aromatic carbocycles. The zero-order valence-corrected chi connectivity index (χ0v) is 20.1. The van der Waals surface area contributed by atoms with E-state index in [9.17, 15) is 30.8 Å². The summed E-state index contributed by atoms with van der Waals surface area (Å²) in [6, 6.07) is 2.88. The molecule has 188 valence electrons. The van der Waals surface area contributed by atoms with Gasteiger partial charge in [0.05, 0.1) is 30.1 Å². The molecule has 0 spiro atoms. The highest BCUT2D eigenvalue weighted by Crippen LogP contribution is 2.29. The molecule has 0 aliphatic carbocycles. The summed E-state index contributed by atoms with van der Waals surface area (Å²) >= 11 is 0. The molecule has 3 atom stereocenters. The number of carbonyl (C=O) groups is 1. The van der Waals surface area contributed by atoms with Crippen LogP contribution in [0, 0.1) is 5.82 Å². The Labute approximate surface area is 196 Å². The van der Waals surface area contributed by atoms with Gasteiger partial charge in [-0.1, -0.05) is 25.6 Å². The summed E-state index contributed by atoms with van der Waals surface area (Å²) in [6.45, 7) is 8.72. The van der Waals surface area contributed by atoms with Crippen LogP contribution in [-0.2, 0) is 14.8 Å². The molecule has 2 rings (SSSR count). The minimum Gasteiger partial charge on any atom is -0.346 e. The summed E-state index contributed by atoms with van der Waals surface area (Å²) in [7, 11) is -3.67. The van der Waals surface area contributed by atoms with Crippen molar-refractivity contribution in [3.05, 3.63) is 53.9 Å². The number of halogens is 4. The topological polar surface area (TPSA) is 99.7 Å². The van der Waals surface area contributed by atoms with Gasteiger partial charge in [-0.3, -0.25) is 19.8 Å². The Balaban J connectivity index is 2.22. The van der Waals surface area contributed by atoms with E-state index in [0.717, 1.165) is 18.4 Å². The normalized spacial score (nSPS) is 20.3. The van der Waals surface area contributed by atoms with Crippen LogP contribution in [0.15, 0.2) is 47.5 Å². The summed E-state index contributed by atoms with van der Waals surface area (Å²) in [4.78, 5) is 16.6. The maximum Gasteiger partial charge on any atom is 0.432 e. The van der Waals surface area contributed by atoms with Crippen molar-refractivity contribution in [3.8, 4) is 0 Å². The highest BCUT2D eigenvalue weighted by molar-refractivity contribution is 7.92. The monoisotopic (exact) mass is 504 g/mol. The van der Waals surface area contributed by atoms with E-state index in [4.69, 9.17) is 0 Å². The number of amides is 1. The largest absolute Gasteiger partial charge is 0.432 e. The lowest BCUT2D eigenvalue weighted by Gasteiger charge is -2.37. The van der Waals surface area contributed by atoms with Gasteiger partial charge >= 0.3 is 6.18 Å². The summed E-state index contributed by atoms with van der Waals surface area (Å²) in [6.07, 6.45) is -1.01. The number of anilines is 1. The van der Waals surface area contributed by atoms with Gasteiger partial charge < -0.3 is 5.32 Å². The standard InChI is InChI=1S/C22H28F4N4O3S/c1-6-13(2)29-21(10-9-19(27-12-21)22(24,25)26)14(3)20(31)28-15(4)16-7-8-18(17(23)11-16)30-34(5,32)33/h7-11,13,15,29-30H,3,6,12H2,1-2,4-5H3,(H,28,31). The number of hydrogen-bond acceptors (Lipinski definition) is 5. The van der Waals surface area contributed by atoms with Crippen molar-refractivity contribution in [2.24, 2.45) is 4.99 Å². The molecule has 0 bridgehead atoms. The molecule has 1 amide bonds. The predicted molar refractivity (Wildman–Crippen MR) is 124 cm³/mol. The number of carbonyl (C=O) groups excluding carboxylic acids is 1. The molecule has 7 nitrogen and oxygen atoms in total. The third kappa shape index (κ3) is 6.89. The molecule has 0 saturated carbocycles. The number of aliphatic imine (C=N–C) groups is 1. The molecule has 0 radical (unpaired) electrons. The van der Waals surface area contributed by atoms with Crippen LogP contribution in [-0.4, -0.2) is 50.6 Å². The van der Waals surface area contributed by atoms with Gasteiger partial charge in [0.2, 0.25) is 15.9 Å². The number of benzene rings is 1. The van der Waals surface area contributed by atoms with Gasteiger partial charge in [-0.05, 0) is 44.0 Å². The van der Waals surface area contributed by atoms with E-state index >= 15 is 0 Å². The van der Waals surface area contributed by atoms with Gasteiger partial charge in [-0.25, -0.2) is 12.8 Å². The van der Waals surface area contributed by atoms with Crippen LogP contribution in [0.2, 0.25) is 0 Å². The fourth-order valence-electron chi connectivity index (χ4n) is 3.29. The maximum atomic E-state index is 14.3. The molecular weight excluding hydrogens is 476 g/mol. The second-order valence-electron chi connectivity index (χ2n) is 8.24. The van der Waals surface area contributed by atoms with E-state index in [-0.39, 0.29) is 23.8 Å². The van der Waals surface area contributed by atoms with Crippen LogP contribution in [0.1, 0.15) is 38.8 Å². The van der Waals surface area contributed by atoms with E-state index in [2.05, 4.69) is 22.2 Å². The number of alkyl halides is 3. The van der Waals surface area contributed by atoms with Crippen molar-refractivity contribution in [2.45, 2.75) is 51.0 Å². The Kier molecular flexibility index (Phi) is 8.30. The predicted octanol–water partition coefficient (Wildman–Crippen LogP) is 3.63. The van der Waals surface area contributed by atoms with Gasteiger partial charge in [-0.15, -0.1) is 0 Å². The SMILES string of the molecule is C=C(C(=O)NC(C)c1ccc(NS(C)(=O)=O)c(F)c1)C1(NC(C)CC)C=CC(C(F)(F)F)=NC1. The Morgan fingerprint density at radius 2 is 1.94 bits per heavy atom. The second kappa shape index (κ2) is 10.3. The Bertz CT molecular complexity index is 1120. The number of sulfonamides is 1. The lowest BCUT2D eigenvalue weighted by molar-refractivity contribution is -0.118. The first-order valence-corrected chi connectivity index (χ1v) is 12.3. The van der Waals surface area contributed by atoms with Crippen LogP contribution >= 0.6 is 0 Å². The minimum absolute atomic E-state index is 0.0447. The smallest absolute Gasteiger partial charge is 0.346 e. The number of nitrogens with zero attached hydrogens (tertiary/aromatic N) is 1. The average Bonchev–Trinajstić information content (AvgIpc) is 2.73. The van der Waals surface area contributed by atoms with Crippen LogP contribution < -0.4 is 15.4 Å². The molecule has 1 aliphatic rings. The van der Waals surface area contributed by atoms with E-state index in [0.29, 0.717) is 12.0 Å². The molecule has 3 N–H and O–H groups in total. The second-order valence-corrected chi connectivity index (χ2v) is 9.99. The number of hydrogen-bond donors (Lipinski definition) is 3. The lowest BCUT2D eigenvalue weighted by atomic mass is 9.86. The van der Waals surface area contributed by atoms with Crippen molar-refractivity contribution in [1.29, 1.82) is 0 Å². The van der Waals surface area contributed by atoms with Crippen molar-refractivity contribution in [1.82, 2.24) is 10.6 Å². The van der Waals surface area contributed by atoms with Crippen LogP contribution in [0.4, 0.5) is 23.2 Å². The molecule has 0 saturated heterocycles. The van der Waals surface area contributed by atoms with Crippen LogP contribution in [0.3, 0.4) is 0 Å². The summed E-state index contributed by atoms with van der Waals surface area (Å²) in [5, 5.41) is 5.80. The molecule has 1 aromatic rings. The summed E-state index contributed by atoms with van der Waals surface area (Å²) in [5.74, 6) is -1.49. The van der Waals surface area contributed by atoms with Crippen molar-refractivity contribution < 1.29 is 30.8 Å². The van der Waals surface area contributed by atoms with E-state index < -0.39 is 45.2 Å². The average molecular weight is 505 g/mol. The number of rotatable bonds is 9. The fourth-order valence-corrected chi connectivity index (χ4v) is 3.86. The third-order valence-electron chi connectivity index (χ3n) is 5.38. The molecule has 1 heterocycles. The first kappa shape index (κ1) is 27.5. The Hall–Kier alpha value is -2.73. The van der Waals surface area contributed by atoms with Gasteiger partial charge in [0, 0.05) is 11.6 Å². The maximum absolute atomic E-state index is 14.3. The van der Waals surface area contributed by atoms with Crippen LogP contribution in [0.5, 0.6) is 0 Å². The van der Waals surface area contributed by atoms with E-state index in [1.807, 2.05) is 18.6 Å².